The van der Waals surface area contributed by atoms with Crippen LogP contribution >= 0.6 is 0 Å². The molecule has 3 aliphatic rings. The van der Waals surface area contributed by atoms with Crippen molar-refractivity contribution >= 4 is 12.6 Å². The van der Waals surface area contributed by atoms with E-state index < -0.39 is 18.3 Å². The average molecular weight is 404 g/mol. The van der Waals surface area contributed by atoms with Gasteiger partial charge in [0.15, 0.2) is 12.6 Å². The van der Waals surface area contributed by atoms with Crippen LogP contribution in [-0.4, -0.2) is 44.1 Å². The van der Waals surface area contributed by atoms with Gasteiger partial charge in [-0.15, -0.1) is 0 Å². The molecule has 0 radical (unpaired) electrons. The quantitative estimate of drug-likeness (QED) is 0.696. The molecule has 1 aromatic rings. The zero-order valence-corrected chi connectivity index (χ0v) is 18.1. The van der Waals surface area contributed by atoms with Crippen LogP contribution in [0, 0.1) is 0 Å². The number of hydrogen-bond donors (Lipinski definition) is 0. The lowest BCUT2D eigenvalue weighted by Gasteiger charge is -2.32. The molecule has 3 fully saturated rings. The van der Waals surface area contributed by atoms with E-state index in [1.54, 1.807) is 0 Å². The summed E-state index contributed by atoms with van der Waals surface area (Å²) in [5, 5.41) is 0. The summed E-state index contributed by atoms with van der Waals surface area (Å²) < 4.78 is 36.3. The van der Waals surface area contributed by atoms with Crippen LogP contribution in [0.5, 0.6) is 11.5 Å². The first kappa shape index (κ1) is 21.0. The van der Waals surface area contributed by atoms with Gasteiger partial charge < -0.3 is 28.3 Å². The largest absolute Gasteiger partial charge is 0.495 e. The maximum Gasteiger partial charge on any atom is 0.495 e. The third-order valence-corrected chi connectivity index (χ3v) is 6.24. The molecule has 0 N–H and O–H groups in total. The van der Waals surface area contributed by atoms with E-state index in [-0.39, 0.29) is 12.6 Å². The molecule has 2 unspecified atom stereocenters. The summed E-state index contributed by atoms with van der Waals surface area (Å²) in [6.07, 6.45) is 5.72. The van der Waals surface area contributed by atoms with Gasteiger partial charge in [0.25, 0.3) is 0 Å². The van der Waals surface area contributed by atoms with Gasteiger partial charge in [-0.2, -0.15) is 0 Å². The lowest BCUT2D eigenvalue weighted by molar-refractivity contribution is -0.109. The summed E-state index contributed by atoms with van der Waals surface area (Å²) >= 11 is 0. The Bertz CT molecular complexity index is 640. The van der Waals surface area contributed by atoms with E-state index in [0.717, 1.165) is 57.2 Å². The highest BCUT2D eigenvalue weighted by Gasteiger charge is 2.52. The maximum absolute atomic E-state index is 6.24. The smallest absolute Gasteiger partial charge is 0.465 e. The molecular formula is C22H33BO6. The summed E-state index contributed by atoms with van der Waals surface area (Å²) in [4.78, 5) is 0. The fourth-order valence-electron chi connectivity index (χ4n) is 3.76. The molecular weight excluding hydrogens is 371 g/mol. The fourth-order valence-corrected chi connectivity index (χ4v) is 3.76. The second-order valence-electron chi connectivity index (χ2n) is 9.15. The van der Waals surface area contributed by atoms with Crippen molar-refractivity contribution in [2.75, 3.05) is 13.2 Å². The van der Waals surface area contributed by atoms with Crippen LogP contribution < -0.4 is 14.9 Å². The lowest BCUT2D eigenvalue weighted by atomic mass is 9.79. The zero-order chi connectivity index (χ0) is 20.5. The van der Waals surface area contributed by atoms with Crippen molar-refractivity contribution in [3.63, 3.8) is 0 Å². The summed E-state index contributed by atoms with van der Waals surface area (Å²) in [5.41, 5.74) is 0.0611. The third kappa shape index (κ3) is 4.90. The summed E-state index contributed by atoms with van der Waals surface area (Å²) in [6.45, 7) is 9.68. The van der Waals surface area contributed by atoms with Crippen molar-refractivity contribution in [3.8, 4) is 11.5 Å². The molecule has 160 valence electrons. The van der Waals surface area contributed by atoms with Crippen LogP contribution in [0.1, 0.15) is 66.2 Å². The molecule has 7 heteroatoms. The molecule has 0 spiro atoms. The molecule has 0 amide bonds. The van der Waals surface area contributed by atoms with Crippen LogP contribution in [0.15, 0.2) is 18.2 Å². The van der Waals surface area contributed by atoms with E-state index in [1.165, 1.54) is 0 Å². The van der Waals surface area contributed by atoms with Crippen molar-refractivity contribution in [1.82, 2.24) is 0 Å². The Balaban J connectivity index is 1.57. The predicted octanol–water partition coefficient (Wildman–Crippen LogP) is 3.80. The number of benzene rings is 1. The van der Waals surface area contributed by atoms with Crippen LogP contribution in [-0.2, 0) is 18.8 Å². The van der Waals surface area contributed by atoms with Crippen LogP contribution in [0.2, 0.25) is 0 Å². The molecule has 0 bridgehead atoms. The van der Waals surface area contributed by atoms with Crippen molar-refractivity contribution in [2.45, 2.75) is 90.0 Å². The monoisotopic (exact) mass is 404 g/mol. The van der Waals surface area contributed by atoms with Crippen LogP contribution in [0.4, 0.5) is 0 Å². The number of ether oxygens (including phenoxy) is 4. The van der Waals surface area contributed by atoms with Gasteiger partial charge in [-0.25, -0.2) is 0 Å². The van der Waals surface area contributed by atoms with E-state index in [4.69, 9.17) is 28.3 Å². The van der Waals surface area contributed by atoms with E-state index >= 15 is 0 Å². The van der Waals surface area contributed by atoms with Gasteiger partial charge in [0.2, 0.25) is 0 Å². The molecule has 0 aliphatic carbocycles. The van der Waals surface area contributed by atoms with E-state index in [0.29, 0.717) is 11.5 Å². The molecule has 1 aromatic carbocycles. The Kier molecular flexibility index (Phi) is 6.12. The second-order valence-corrected chi connectivity index (χ2v) is 9.15. The molecule has 3 heterocycles. The summed E-state index contributed by atoms with van der Waals surface area (Å²) in [5.74, 6) is 1.41. The van der Waals surface area contributed by atoms with E-state index in [1.807, 2.05) is 18.2 Å². The zero-order valence-electron chi connectivity index (χ0n) is 18.1. The second kappa shape index (κ2) is 8.46. The molecule has 6 nitrogen and oxygen atoms in total. The highest BCUT2D eigenvalue weighted by molar-refractivity contribution is 6.62. The maximum atomic E-state index is 6.24. The Labute approximate surface area is 174 Å². The minimum atomic E-state index is -0.481. The van der Waals surface area contributed by atoms with Gasteiger partial charge in [-0.3, -0.25) is 0 Å². The Morgan fingerprint density at radius 3 is 1.66 bits per heavy atom. The van der Waals surface area contributed by atoms with Gasteiger partial charge in [0.05, 0.1) is 24.4 Å². The Hall–Kier alpha value is -1.28. The minimum absolute atomic E-state index is 0.226. The molecule has 0 aromatic heterocycles. The van der Waals surface area contributed by atoms with Gasteiger partial charge in [-0.1, -0.05) is 0 Å². The summed E-state index contributed by atoms with van der Waals surface area (Å²) in [6, 6.07) is 5.84. The fraction of sp³-hybridized carbons (Fsp3) is 0.727. The summed E-state index contributed by atoms with van der Waals surface area (Å²) in [7, 11) is -0.481. The first-order valence-corrected chi connectivity index (χ1v) is 10.9. The number of rotatable bonds is 5. The van der Waals surface area contributed by atoms with Crippen molar-refractivity contribution < 1.29 is 28.3 Å². The molecule has 4 rings (SSSR count). The highest BCUT2D eigenvalue weighted by Crippen LogP contribution is 2.37. The first-order chi connectivity index (χ1) is 13.8. The van der Waals surface area contributed by atoms with Crippen molar-refractivity contribution in [1.29, 1.82) is 0 Å². The van der Waals surface area contributed by atoms with Crippen LogP contribution in [0.25, 0.3) is 0 Å². The Morgan fingerprint density at radius 2 is 1.24 bits per heavy atom. The van der Waals surface area contributed by atoms with E-state index in [9.17, 15) is 0 Å². The van der Waals surface area contributed by atoms with Crippen molar-refractivity contribution in [2.24, 2.45) is 0 Å². The Morgan fingerprint density at radius 1 is 0.759 bits per heavy atom. The SMILES string of the molecule is CC1(C)OB(c2cc(OC3CCCCO3)cc(OC3CCCCO3)c2)OC1(C)C. The lowest BCUT2D eigenvalue weighted by Crippen LogP contribution is -2.41. The van der Waals surface area contributed by atoms with Crippen LogP contribution in [0.3, 0.4) is 0 Å². The number of hydrogen-bond acceptors (Lipinski definition) is 6. The highest BCUT2D eigenvalue weighted by atomic mass is 16.7. The standard InChI is InChI=1S/C22H33BO6/c1-21(2)22(3,4)29-23(28-21)16-13-17(26-19-9-5-7-11-24-19)15-18(14-16)27-20-10-6-8-12-25-20/h13-15,19-20H,5-12H2,1-4H3. The van der Waals surface area contributed by atoms with Gasteiger partial charge in [-0.05, 0) is 71.0 Å². The van der Waals surface area contributed by atoms with Gasteiger partial charge in [0.1, 0.15) is 11.5 Å². The molecule has 29 heavy (non-hydrogen) atoms. The first-order valence-electron chi connectivity index (χ1n) is 10.9. The minimum Gasteiger partial charge on any atom is -0.465 e. The third-order valence-electron chi connectivity index (χ3n) is 6.24. The van der Waals surface area contributed by atoms with Gasteiger partial charge in [0, 0.05) is 18.9 Å². The van der Waals surface area contributed by atoms with Crippen molar-refractivity contribution in [3.05, 3.63) is 18.2 Å². The normalized spacial score (nSPS) is 28.9. The molecule has 3 aliphatic heterocycles. The van der Waals surface area contributed by atoms with Gasteiger partial charge >= 0.3 is 7.12 Å². The van der Waals surface area contributed by atoms with E-state index in [2.05, 4.69) is 27.7 Å². The molecule has 2 atom stereocenters. The predicted molar refractivity (Wildman–Crippen MR) is 111 cm³/mol. The molecule has 0 saturated carbocycles. The topological polar surface area (TPSA) is 55.4 Å². The molecule has 3 saturated heterocycles. The average Bonchev–Trinajstić information content (AvgIpc) is 2.91.